The first-order valence-corrected chi connectivity index (χ1v) is 11.4. The molecule has 1 aliphatic rings. The number of hydrogen-bond acceptors (Lipinski definition) is 4. The number of amides is 2. The number of nitrogens with zero attached hydrogens (tertiary/aromatic N) is 2. The topological polar surface area (TPSA) is 69.3 Å². The second-order valence-electron chi connectivity index (χ2n) is 8.66. The van der Waals surface area contributed by atoms with E-state index < -0.39 is 0 Å². The van der Waals surface area contributed by atoms with Crippen LogP contribution < -0.4 is 20.9 Å². The van der Waals surface area contributed by atoms with Gasteiger partial charge in [0.05, 0.1) is 16.2 Å². The van der Waals surface area contributed by atoms with E-state index in [-0.39, 0.29) is 12.1 Å². The number of nitrogens with one attached hydrogen (secondary N) is 3. The van der Waals surface area contributed by atoms with Crippen LogP contribution in [0.1, 0.15) is 31.2 Å². The molecule has 3 aromatic rings. The smallest absolute Gasteiger partial charge is 0.319 e. The predicted molar refractivity (Wildman–Crippen MR) is 134 cm³/mol. The Labute approximate surface area is 194 Å². The summed E-state index contributed by atoms with van der Waals surface area (Å²) in [6.07, 6.45) is 3.78. The minimum atomic E-state index is -0.204. The number of hydrogen-bond donors (Lipinski definition) is 3. The quantitative estimate of drug-likeness (QED) is 0.458. The minimum absolute atomic E-state index is 0.151. The first kappa shape index (κ1) is 22.2. The summed E-state index contributed by atoms with van der Waals surface area (Å²) in [4.78, 5) is 19.4. The molecule has 0 saturated heterocycles. The zero-order chi connectivity index (χ0) is 22.7. The van der Waals surface area contributed by atoms with Crippen molar-refractivity contribution in [3.8, 4) is 0 Å². The lowest BCUT2D eigenvalue weighted by molar-refractivity contribution is 0.243. The highest BCUT2D eigenvalue weighted by Gasteiger charge is 2.23. The van der Waals surface area contributed by atoms with Gasteiger partial charge >= 0.3 is 6.03 Å². The van der Waals surface area contributed by atoms with Crippen LogP contribution in [-0.2, 0) is 0 Å². The van der Waals surface area contributed by atoms with E-state index in [0.717, 1.165) is 53.7 Å². The summed E-state index contributed by atoms with van der Waals surface area (Å²) in [5.41, 5.74) is 3.75. The van der Waals surface area contributed by atoms with Crippen molar-refractivity contribution in [2.75, 3.05) is 29.6 Å². The number of rotatable bonds is 5. The van der Waals surface area contributed by atoms with Gasteiger partial charge in [-0.1, -0.05) is 41.9 Å². The van der Waals surface area contributed by atoms with E-state index in [4.69, 9.17) is 16.6 Å². The number of benzene rings is 2. The van der Waals surface area contributed by atoms with E-state index in [1.54, 1.807) is 6.07 Å². The number of para-hydroxylation sites is 2. The van der Waals surface area contributed by atoms with Gasteiger partial charge in [-0.2, -0.15) is 0 Å². The lowest BCUT2D eigenvalue weighted by Crippen LogP contribution is -2.42. The first-order chi connectivity index (χ1) is 15.4. The molecule has 0 bridgehead atoms. The van der Waals surface area contributed by atoms with Crippen LogP contribution in [0.25, 0.3) is 10.9 Å². The Morgan fingerprint density at radius 3 is 2.47 bits per heavy atom. The van der Waals surface area contributed by atoms with Gasteiger partial charge in [0, 0.05) is 43.3 Å². The van der Waals surface area contributed by atoms with E-state index >= 15 is 0 Å². The summed E-state index contributed by atoms with van der Waals surface area (Å²) in [7, 11) is 4.11. The molecule has 2 aromatic carbocycles. The number of anilines is 3. The van der Waals surface area contributed by atoms with Crippen molar-refractivity contribution in [3.05, 3.63) is 59.1 Å². The van der Waals surface area contributed by atoms with Crippen molar-refractivity contribution in [1.82, 2.24) is 10.3 Å². The number of carbonyl (C=O) groups excluding carboxylic acids is 1. The van der Waals surface area contributed by atoms with Crippen molar-refractivity contribution in [3.63, 3.8) is 0 Å². The Bertz CT molecular complexity index is 1090. The molecule has 0 atom stereocenters. The normalized spacial score (nSPS) is 18.2. The van der Waals surface area contributed by atoms with Gasteiger partial charge < -0.3 is 20.9 Å². The highest BCUT2D eigenvalue weighted by molar-refractivity contribution is 6.33. The number of urea groups is 1. The van der Waals surface area contributed by atoms with Crippen LogP contribution in [-0.4, -0.2) is 37.2 Å². The Hall–Kier alpha value is -2.99. The summed E-state index contributed by atoms with van der Waals surface area (Å²) < 4.78 is 0. The molecule has 0 unspecified atom stereocenters. The lowest BCUT2D eigenvalue weighted by Gasteiger charge is -2.30. The Morgan fingerprint density at radius 1 is 1.03 bits per heavy atom. The average molecular weight is 452 g/mol. The standard InChI is InChI=1S/C25H30ClN5O/c1-16-7-6-9-20(26)24(16)30-25(32)28-18-13-11-17(12-14-18)27-23-15-22(31(2)3)19-8-4-5-10-21(19)29-23/h4-10,15,17-18H,11-14H2,1-3H3,(H,27,29)(H2,28,30,32)/t17-,18+. The van der Waals surface area contributed by atoms with Crippen molar-refractivity contribution in [2.45, 2.75) is 44.7 Å². The number of aromatic nitrogens is 1. The maximum atomic E-state index is 12.5. The van der Waals surface area contributed by atoms with Crippen LogP contribution in [0.3, 0.4) is 0 Å². The molecule has 1 heterocycles. The van der Waals surface area contributed by atoms with E-state index in [1.807, 2.05) is 37.3 Å². The molecule has 32 heavy (non-hydrogen) atoms. The van der Waals surface area contributed by atoms with E-state index in [0.29, 0.717) is 16.8 Å². The van der Waals surface area contributed by atoms with Crippen molar-refractivity contribution < 1.29 is 4.79 Å². The van der Waals surface area contributed by atoms with Crippen LogP contribution in [0.15, 0.2) is 48.5 Å². The van der Waals surface area contributed by atoms with Crippen LogP contribution in [0.5, 0.6) is 0 Å². The number of fused-ring (bicyclic) bond motifs is 1. The van der Waals surface area contributed by atoms with Gasteiger partial charge in [0.1, 0.15) is 5.82 Å². The monoisotopic (exact) mass is 451 g/mol. The van der Waals surface area contributed by atoms with E-state index in [2.05, 4.69) is 47.1 Å². The molecule has 7 heteroatoms. The third-order valence-electron chi connectivity index (χ3n) is 6.05. The molecule has 4 rings (SSSR count). The number of halogens is 1. The van der Waals surface area contributed by atoms with Crippen LogP contribution in [0.4, 0.5) is 22.0 Å². The third-order valence-corrected chi connectivity index (χ3v) is 6.37. The predicted octanol–water partition coefficient (Wildman–Crippen LogP) is 5.81. The van der Waals surface area contributed by atoms with E-state index in [9.17, 15) is 4.79 Å². The molecule has 1 fully saturated rings. The largest absolute Gasteiger partial charge is 0.377 e. The molecule has 6 nitrogen and oxygen atoms in total. The van der Waals surface area contributed by atoms with Gasteiger partial charge in [-0.05, 0) is 50.3 Å². The molecule has 0 radical (unpaired) electrons. The SMILES string of the molecule is Cc1cccc(Cl)c1NC(=O)N[C@H]1CC[C@@H](Nc2cc(N(C)C)c3ccccc3n2)CC1. The third kappa shape index (κ3) is 5.07. The van der Waals surface area contributed by atoms with Crippen molar-refractivity contribution in [1.29, 1.82) is 0 Å². The zero-order valence-electron chi connectivity index (χ0n) is 18.8. The van der Waals surface area contributed by atoms with Gasteiger partial charge in [0.25, 0.3) is 0 Å². The highest BCUT2D eigenvalue weighted by atomic mass is 35.5. The van der Waals surface area contributed by atoms with Gasteiger partial charge in [0.15, 0.2) is 0 Å². The lowest BCUT2D eigenvalue weighted by atomic mass is 9.91. The fraction of sp³-hybridized carbons (Fsp3) is 0.360. The average Bonchev–Trinajstić information content (AvgIpc) is 2.77. The maximum Gasteiger partial charge on any atom is 0.319 e. The van der Waals surface area contributed by atoms with Gasteiger partial charge in [-0.25, -0.2) is 9.78 Å². The highest BCUT2D eigenvalue weighted by Crippen LogP contribution is 2.29. The van der Waals surface area contributed by atoms with Crippen molar-refractivity contribution >= 4 is 45.7 Å². The summed E-state index contributed by atoms with van der Waals surface area (Å²) in [5, 5.41) is 11.3. The number of carbonyl (C=O) groups is 1. The Morgan fingerprint density at radius 2 is 1.75 bits per heavy atom. The fourth-order valence-electron chi connectivity index (χ4n) is 4.32. The van der Waals surface area contributed by atoms with E-state index in [1.165, 1.54) is 0 Å². The zero-order valence-corrected chi connectivity index (χ0v) is 19.5. The van der Waals surface area contributed by atoms with Gasteiger partial charge in [0.2, 0.25) is 0 Å². The number of aryl methyl sites for hydroxylation is 1. The molecule has 0 spiro atoms. The summed E-state index contributed by atoms with van der Waals surface area (Å²) in [6.45, 7) is 1.93. The fourth-order valence-corrected chi connectivity index (χ4v) is 4.59. The molecule has 0 aliphatic heterocycles. The second-order valence-corrected chi connectivity index (χ2v) is 9.07. The molecule has 1 saturated carbocycles. The molecular weight excluding hydrogens is 422 g/mol. The minimum Gasteiger partial charge on any atom is -0.377 e. The molecule has 1 aromatic heterocycles. The summed E-state index contributed by atoms with van der Waals surface area (Å²) in [5.74, 6) is 0.899. The summed E-state index contributed by atoms with van der Waals surface area (Å²) >= 11 is 6.22. The van der Waals surface area contributed by atoms with Crippen LogP contribution in [0.2, 0.25) is 5.02 Å². The van der Waals surface area contributed by atoms with Gasteiger partial charge in [-0.15, -0.1) is 0 Å². The first-order valence-electron chi connectivity index (χ1n) is 11.1. The molecular formula is C25H30ClN5O. The Balaban J connectivity index is 1.34. The number of pyridine rings is 1. The molecule has 1 aliphatic carbocycles. The van der Waals surface area contributed by atoms with Crippen LogP contribution >= 0.6 is 11.6 Å². The molecule has 2 amide bonds. The maximum absolute atomic E-state index is 12.5. The molecule has 3 N–H and O–H groups in total. The van der Waals surface area contributed by atoms with Crippen LogP contribution in [0, 0.1) is 6.92 Å². The molecule has 168 valence electrons. The van der Waals surface area contributed by atoms with Crippen molar-refractivity contribution in [2.24, 2.45) is 0 Å². The summed E-state index contributed by atoms with van der Waals surface area (Å²) in [6, 6.07) is 16.2. The second kappa shape index (κ2) is 9.65. The Kier molecular flexibility index (Phi) is 6.70. The van der Waals surface area contributed by atoms with Gasteiger partial charge in [-0.3, -0.25) is 0 Å².